The van der Waals surface area contributed by atoms with Crippen molar-refractivity contribution in [2.75, 3.05) is 44.2 Å². The van der Waals surface area contributed by atoms with Gasteiger partial charge in [0.25, 0.3) is 0 Å². The van der Waals surface area contributed by atoms with Crippen LogP contribution in [0, 0.1) is 0 Å². The Kier molecular flexibility index (Phi) is 4.13. The minimum absolute atomic E-state index is 0.254. The largest absolute Gasteiger partial charge is 0.395 e. The Morgan fingerprint density at radius 3 is 2.88 bits per heavy atom. The summed E-state index contributed by atoms with van der Waals surface area (Å²) >= 11 is 0. The lowest BCUT2D eigenvalue weighted by Crippen LogP contribution is -2.32. The lowest BCUT2D eigenvalue weighted by molar-refractivity contribution is 0.204. The Morgan fingerprint density at radius 1 is 1.19 bits per heavy atom. The summed E-state index contributed by atoms with van der Waals surface area (Å²) in [5.41, 5.74) is 0. The van der Waals surface area contributed by atoms with Crippen molar-refractivity contribution in [3.8, 4) is 0 Å². The van der Waals surface area contributed by atoms with Crippen molar-refractivity contribution in [1.82, 2.24) is 9.88 Å². The monoisotopic (exact) mass is 221 g/mol. The average molecular weight is 221 g/mol. The highest BCUT2D eigenvalue weighted by molar-refractivity contribution is 5.37. The van der Waals surface area contributed by atoms with Gasteiger partial charge in [-0.2, -0.15) is 0 Å². The van der Waals surface area contributed by atoms with E-state index in [2.05, 4.69) is 20.9 Å². The van der Waals surface area contributed by atoms with Crippen LogP contribution in [0.25, 0.3) is 0 Å². The first kappa shape index (κ1) is 11.4. The van der Waals surface area contributed by atoms with Gasteiger partial charge in [0.15, 0.2) is 0 Å². The summed E-state index contributed by atoms with van der Waals surface area (Å²) in [7, 11) is 0. The Bertz CT molecular complexity index is 304. The van der Waals surface area contributed by atoms with Gasteiger partial charge in [0.05, 0.1) is 6.61 Å². The molecule has 1 aliphatic heterocycles. The minimum atomic E-state index is 0.254. The van der Waals surface area contributed by atoms with Gasteiger partial charge in [-0.3, -0.25) is 4.90 Å². The van der Waals surface area contributed by atoms with Crippen molar-refractivity contribution in [1.29, 1.82) is 0 Å². The van der Waals surface area contributed by atoms with Gasteiger partial charge in [0.2, 0.25) is 0 Å². The van der Waals surface area contributed by atoms with E-state index in [0.717, 1.165) is 45.0 Å². The molecule has 1 N–H and O–H groups in total. The SMILES string of the molecule is OCCN1CCCN(c2ccccn2)CC1. The number of nitrogens with zero attached hydrogens (tertiary/aromatic N) is 3. The van der Waals surface area contributed by atoms with Crippen molar-refractivity contribution >= 4 is 5.82 Å². The van der Waals surface area contributed by atoms with E-state index in [0.29, 0.717) is 0 Å². The summed E-state index contributed by atoms with van der Waals surface area (Å²) in [5.74, 6) is 1.06. The molecule has 1 aromatic heterocycles. The molecule has 4 heteroatoms. The molecule has 1 aliphatic rings. The number of aliphatic hydroxyl groups excluding tert-OH is 1. The van der Waals surface area contributed by atoms with E-state index in [4.69, 9.17) is 5.11 Å². The van der Waals surface area contributed by atoms with Crippen LogP contribution in [-0.2, 0) is 0 Å². The molecular formula is C12H19N3O. The van der Waals surface area contributed by atoms with Crippen LogP contribution in [0.1, 0.15) is 6.42 Å². The van der Waals surface area contributed by atoms with E-state index in [1.54, 1.807) is 0 Å². The number of hydrogen-bond acceptors (Lipinski definition) is 4. The molecule has 0 atom stereocenters. The zero-order valence-electron chi connectivity index (χ0n) is 9.55. The summed E-state index contributed by atoms with van der Waals surface area (Å²) in [5, 5.41) is 8.93. The van der Waals surface area contributed by atoms with Crippen molar-refractivity contribution in [3.63, 3.8) is 0 Å². The fourth-order valence-electron chi connectivity index (χ4n) is 2.11. The summed E-state index contributed by atoms with van der Waals surface area (Å²) in [4.78, 5) is 9.00. The molecule has 4 nitrogen and oxygen atoms in total. The maximum atomic E-state index is 8.93. The molecule has 88 valence electrons. The third-order valence-corrected chi connectivity index (χ3v) is 2.98. The predicted molar refractivity (Wildman–Crippen MR) is 64.6 cm³/mol. The fourth-order valence-corrected chi connectivity index (χ4v) is 2.11. The second kappa shape index (κ2) is 5.82. The van der Waals surface area contributed by atoms with Crippen LogP contribution >= 0.6 is 0 Å². The fraction of sp³-hybridized carbons (Fsp3) is 0.583. The van der Waals surface area contributed by atoms with Crippen molar-refractivity contribution in [3.05, 3.63) is 24.4 Å². The van der Waals surface area contributed by atoms with Gasteiger partial charge < -0.3 is 10.0 Å². The molecule has 0 bridgehead atoms. The Labute approximate surface area is 96.5 Å². The first-order valence-electron chi connectivity index (χ1n) is 5.89. The highest BCUT2D eigenvalue weighted by atomic mass is 16.3. The number of anilines is 1. The average Bonchev–Trinajstić information content (AvgIpc) is 2.57. The number of β-amino-alcohol motifs (C(OH)–C–C–N with tert-alkyl or cyclic N) is 1. The Morgan fingerprint density at radius 2 is 2.12 bits per heavy atom. The molecule has 0 aromatic carbocycles. The van der Waals surface area contributed by atoms with Crippen LogP contribution in [0.2, 0.25) is 0 Å². The van der Waals surface area contributed by atoms with Gasteiger partial charge in [0.1, 0.15) is 5.82 Å². The third kappa shape index (κ3) is 2.93. The van der Waals surface area contributed by atoms with E-state index in [1.165, 1.54) is 0 Å². The maximum Gasteiger partial charge on any atom is 0.128 e. The molecule has 16 heavy (non-hydrogen) atoms. The maximum absolute atomic E-state index is 8.93. The molecule has 0 radical (unpaired) electrons. The quantitative estimate of drug-likeness (QED) is 0.811. The van der Waals surface area contributed by atoms with Gasteiger partial charge in [0, 0.05) is 32.4 Å². The van der Waals surface area contributed by atoms with Crippen LogP contribution in [0.4, 0.5) is 5.82 Å². The van der Waals surface area contributed by atoms with E-state index in [1.807, 2.05) is 18.3 Å². The number of aromatic nitrogens is 1. The third-order valence-electron chi connectivity index (χ3n) is 2.98. The smallest absolute Gasteiger partial charge is 0.128 e. The molecule has 2 heterocycles. The van der Waals surface area contributed by atoms with Crippen LogP contribution in [-0.4, -0.2) is 54.3 Å². The number of hydrogen-bond donors (Lipinski definition) is 1. The number of pyridine rings is 1. The lowest BCUT2D eigenvalue weighted by Gasteiger charge is -2.22. The van der Waals surface area contributed by atoms with Crippen molar-refractivity contribution in [2.24, 2.45) is 0 Å². The molecule has 1 fully saturated rings. The van der Waals surface area contributed by atoms with Crippen LogP contribution < -0.4 is 4.90 Å². The molecule has 1 aromatic rings. The van der Waals surface area contributed by atoms with Crippen molar-refractivity contribution < 1.29 is 5.11 Å². The standard InChI is InChI=1S/C12H19N3O/c16-11-10-14-6-3-7-15(9-8-14)12-4-1-2-5-13-12/h1-2,4-5,16H,3,6-11H2. The molecular weight excluding hydrogens is 202 g/mol. The number of rotatable bonds is 3. The summed E-state index contributed by atoms with van der Waals surface area (Å²) in [6.45, 7) is 5.18. The highest BCUT2D eigenvalue weighted by Gasteiger charge is 2.14. The van der Waals surface area contributed by atoms with Gasteiger partial charge in [-0.1, -0.05) is 6.07 Å². The second-order valence-corrected chi connectivity index (χ2v) is 4.09. The second-order valence-electron chi connectivity index (χ2n) is 4.09. The molecule has 0 spiro atoms. The Balaban J connectivity index is 1.94. The molecule has 0 saturated carbocycles. The number of aliphatic hydroxyl groups is 1. The van der Waals surface area contributed by atoms with E-state index < -0.39 is 0 Å². The van der Waals surface area contributed by atoms with Gasteiger partial charge in [-0.25, -0.2) is 4.98 Å². The first-order chi connectivity index (χ1) is 7.90. The van der Waals surface area contributed by atoms with E-state index in [-0.39, 0.29) is 6.61 Å². The topological polar surface area (TPSA) is 39.6 Å². The lowest BCUT2D eigenvalue weighted by atomic mass is 10.3. The molecule has 0 unspecified atom stereocenters. The molecule has 1 saturated heterocycles. The van der Waals surface area contributed by atoms with Gasteiger partial charge >= 0.3 is 0 Å². The summed E-state index contributed by atoms with van der Waals surface area (Å²) < 4.78 is 0. The van der Waals surface area contributed by atoms with Crippen LogP contribution in [0.3, 0.4) is 0 Å². The van der Waals surface area contributed by atoms with E-state index >= 15 is 0 Å². The molecule has 0 aliphatic carbocycles. The Hall–Kier alpha value is -1.13. The normalized spacial score (nSPS) is 18.4. The molecule has 2 rings (SSSR count). The first-order valence-corrected chi connectivity index (χ1v) is 5.89. The predicted octanol–water partition coefficient (Wildman–Crippen LogP) is 0.586. The zero-order valence-corrected chi connectivity index (χ0v) is 9.55. The zero-order chi connectivity index (χ0) is 11.2. The minimum Gasteiger partial charge on any atom is -0.395 e. The highest BCUT2D eigenvalue weighted by Crippen LogP contribution is 2.12. The van der Waals surface area contributed by atoms with Crippen LogP contribution in [0.15, 0.2) is 24.4 Å². The van der Waals surface area contributed by atoms with Gasteiger partial charge in [-0.15, -0.1) is 0 Å². The van der Waals surface area contributed by atoms with E-state index in [9.17, 15) is 0 Å². The van der Waals surface area contributed by atoms with Crippen molar-refractivity contribution in [2.45, 2.75) is 6.42 Å². The summed E-state index contributed by atoms with van der Waals surface area (Å²) in [6.07, 6.45) is 2.97. The molecule has 0 amide bonds. The summed E-state index contributed by atoms with van der Waals surface area (Å²) in [6, 6.07) is 6.03. The van der Waals surface area contributed by atoms with Crippen LogP contribution in [0.5, 0.6) is 0 Å². The van der Waals surface area contributed by atoms with Gasteiger partial charge in [-0.05, 0) is 25.1 Å².